The number of hydrogen-bond donors (Lipinski definition) is 1. The second kappa shape index (κ2) is 6.71. The smallest absolute Gasteiger partial charge is 0.330 e. The first-order valence-electron chi connectivity index (χ1n) is 6.87. The van der Waals surface area contributed by atoms with Crippen molar-refractivity contribution in [1.29, 1.82) is 0 Å². The maximum absolute atomic E-state index is 12.0. The third-order valence-corrected chi connectivity index (χ3v) is 3.30. The lowest BCUT2D eigenvalue weighted by atomic mass is 9.90. The van der Waals surface area contributed by atoms with Crippen LogP contribution in [0.2, 0.25) is 0 Å². The number of rotatable bonds is 6. The van der Waals surface area contributed by atoms with Gasteiger partial charge in [-0.25, -0.2) is 4.79 Å². The third-order valence-electron chi connectivity index (χ3n) is 3.30. The number of likely N-dealkylation sites (N-methyl/N-ethyl adjacent to an activating group) is 1. The fourth-order valence-electron chi connectivity index (χ4n) is 2.30. The van der Waals surface area contributed by atoms with Crippen LogP contribution in [-0.4, -0.2) is 19.6 Å². The Bertz CT molecular complexity index is 411. The summed E-state index contributed by atoms with van der Waals surface area (Å²) in [6.45, 7) is 8.95. The Balaban J connectivity index is 3.01. The molecule has 0 aliphatic carbocycles. The number of carbonyl (C=O) groups is 1. The van der Waals surface area contributed by atoms with Gasteiger partial charge in [0.1, 0.15) is 5.54 Å². The highest BCUT2D eigenvalue weighted by molar-refractivity contribution is 5.82. The van der Waals surface area contributed by atoms with E-state index in [0.29, 0.717) is 12.5 Å². The molecule has 0 saturated carbocycles. The van der Waals surface area contributed by atoms with Crippen LogP contribution in [0.1, 0.15) is 38.8 Å². The molecule has 106 valence electrons. The number of ether oxygens (including phenoxy) is 1. The van der Waals surface area contributed by atoms with E-state index in [9.17, 15) is 4.79 Å². The average molecular weight is 263 g/mol. The zero-order valence-electron chi connectivity index (χ0n) is 12.6. The fourth-order valence-corrected chi connectivity index (χ4v) is 2.30. The minimum atomic E-state index is -0.778. The predicted octanol–water partition coefficient (Wildman–Crippen LogP) is 2.88. The molecule has 0 aromatic heterocycles. The third kappa shape index (κ3) is 3.80. The molecule has 1 atom stereocenters. The van der Waals surface area contributed by atoms with Gasteiger partial charge in [-0.3, -0.25) is 5.32 Å². The first-order valence-corrected chi connectivity index (χ1v) is 6.87. The molecule has 1 aromatic carbocycles. The van der Waals surface area contributed by atoms with Crippen molar-refractivity contribution in [3.8, 4) is 0 Å². The van der Waals surface area contributed by atoms with Gasteiger partial charge in [0.05, 0.1) is 7.11 Å². The summed E-state index contributed by atoms with van der Waals surface area (Å²) >= 11 is 0. The maximum Gasteiger partial charge on any atom is 0.330 e. The summed E-state index contributed by atoms with van der Waals surface area (Å²) in [5, 5.41) is 3.21. The summed E-state index contributed by atoms with van der Waals surface area (Å²) in [4.78, 5) is 12.0. The van der Waals surface area contributed by atoms with Gasteiger partial charge < -0.3 is 4.74 Å². The highest BCUT2D eigenvalue weighted by atomic mass is 16.5. The quantitative estimate of drug-likeness (QED) is 0.802. The van der Waals surface area contributed by atoms with Crippen molar-refractivity contribution < 1.29 is 9.53 Å². The van der Waals surface area contributed by atoms with Crippen LogP contribution in [0.15, 0.2) is 24.3 Å². The Hall–Kier alpha value is -1.35. The lowest BCUT2D eigenvalue weighted by Crippen LogP contribution is -2.47. The first-order chi connectivity index (χ1) is 8.93. The zero-order valence-corrected chi connectivity index (χ0v) is 12.6. The number of esters is 1. The van der Waals surface area contributed by atoms with Crippen LogP contribution in [0.3, 0.4) is 0 Å². The van der Waals surface area contributed by atoms with Crippen molar-refractivity contribution in [2.24, 2.45) is 5.92 Å². The summed E-state index contributed by atoms with van der Waals surface area (Å²) < 4.78 is 4.92. The number of benzene rings is 1. The molecule has 1 aromatic rings. The van der Waals surface area contributed by atoms with Gasteiger partial charge in [-0.05, 0) is 36.9 Å². The Morgan fingerprint density at radius 1 is 1.32 bits per heavy atom. The molecule has 3 heteroatoms. The van der Waals surface area contributed by atoms with Crippen LogP contribution in [-0.2, 0) is 21.5 Å². The van der Waals surface area contributed by atoms with E-state index in [1.807, 2.05) is 26.0 Å². The van der Waals surface area contributed by atoms with Crippen LogP contribution >= 0.6 is 0 Å². The summed E-state index contributed by atoms with van der Waals surface area (Å²) in [5.41, 5.74) is 1.45. The molecule has 0 amide bonds. The van der Waals surface area contributed by atoms with Crippen molar-refractivity contribution in [2.45, 2.75) is 39.7 Å². The van der Waals surface area contributed by atoms with Crippen LogP contribution < -0.4 is 5.32 Å². The Labute approximate surface area is 116 Å². The lowest BCUT2D eigenvalue weighted by molar-refractivity contribution is -0.148. The summed E-state index contributed by atoms with van der Waals surface area (Å²) in [6, 6.07) is 8.20. The minimum absolute atomic E-state index is 0.258. The number of carbonyl (C=O) groups excluding carboxylic acids is 1. The van der Waals surface area contributed by atoms with Gasteiger partial charge in [0.2, 0.25) is 0 Å². The van der Waals surface area contributed by atoms with E-state index in [1.165, 1.54) is 12.7 Å². The SMILES string of the molecule is CCNC(C)(C(=O)OC)c1ccc(CC(C)C)cc1. The molecule has 0 aliphatic heterocycles. The van der Waals surface area contributed by atoms with Gasteiger partial charge in [0.25, 0.3) is 0 Å². The molecule has 0 bridgehead atoms. The van der Waals surface area contributed by atoms with E-state index in [4.69, 9.17) is 4.74 Å². The molecule has 0 radical (unpaired) electrons. The molecule has 3 nitrogen and oxygen atoms in total. The van der Waals surface area contributed by atoms with Gasteiger partial charge in [-0.2, -0.15) is 0 Å². The maximum atomic E-state index is 12.0. The van der Waals surface area contributed by atoms with E-state index in [-0.39, 0.29) is 5.97 Å². The highest BCUT2D eigenvalue weighted by Gasteiger charge is 2.35. The van der Waals surface area contributed by atoms with Gasteiger partial charge in [-0.1, -0.05) is 45.0 Å². The number of methoxy groups -OCH3 is 1. The highest BCUT2D eigenvalue weighted by Crippen LogP contribution is 2.23. The van der Waals surface area contributed by atoms with E-state index in [2.05, 4.69) is 31.3 Å². The van der Waals surface area contributed by atoms with Crippen molar-refractivity contribution >= 4 is 5.97 Å². The Kier molecular flexibility index (Phi) is 5.55. The normalized spacial score (nSPS) is 14.2. The molecule has 0 fully saturated rings. The Morgan fingerprint density at radius 2 is 1.89 bits per heavy atom. The molecule has 0 spiro atoms. The van der Waals surface area contributed by atoms with E-state index in [0.717, 1.165) is 12.0 Å². The van der Waals surface area contributed by atoms with Crippen molar-refractivity contribution in [1.82, 2.24) is 5.32 Å². The van der Waals surface area contributed by atoms with Gasteiger partial charge in [0, 0.05) is 0 Å². The van der Waals surface area contributed by atoms with E-state index >= 15 is 0 Å². The molecule has 1 rings (SSSR count). The molecule has 1 unspecified atom stereocenters. The molecule has 1 N–H and O–H groups in total. The van der Waals surface area contributed by atoms with Crippen LogP contribution in [0.4, 0.5) is 0 Å². The second-order valence-electron chi connectivity index (χ2n) is 5.44. The number of hydrogen-bond acceptors (Lipinski definition) is 3. The largest absolute Gasteiger partial charge is 0.467 e. The summed E-state index contributed by atoms with van der Waals surface area (Å²) in [5.74, 6) is 0.373. The molecule has 19 heavy (non-hydrogen) atoms. The van der Waals surface area contributed by atoms with Crippen LogP contribution in [0.5, 0.6) is 0 Å². The van der Waals surface area contributed by atoms with Crippen molar-refractivity contribution in [3.63, 3.8) is 0 Å². The molecular formula is C16H25NO2. The van der Waals surface area contributed by atoms with E-state index < -0.39 is 5.54 Å². The molecule has 0 heterocycles. The zero-order chi connectivity index (χ0) is 14.5. The van der Waals surface area contributed by atoms with Gasteiger partial charge in [-0.15, -0.1) is 0 Å². The lowest BCUT2D eigenvalue weighted by Gasteiger charge is -2.28. The van der Waals surface area contributed by atoms with Gasteiger partial charge >= 0.3 is 5.97 Å². The summed E-state index contributed by atoms with van der Waals surface area (Å²) in [7, 11) is 1.42. The molecule has 0 aliphatic rings. The van der Waals surface area contributed by atoms with Crippen LogP contribution in [0.25, 0.3) is 0 Å². The number of nitrogens with one attached hydrogen (secondary N) is 1. The monoisotopic (exact) mass is 263 g/mol. The first kappa shape index (κ1) is 15.7. The average Bonchev–Trinajstić information content (AvgIpc) is 2.38. The van der Waals surface area contributed by atoms with Crippen molar-refractivity contribution in [3.05, 3.63) is 35.4 Å². The van der Waals surface area contributed by atoms with Crippen LogP contribution in [0, 0.1) is 5.92 Å². The molecule has 0 saturated heterocycles. The fraction of sp³-hybridized carbons (Fsp3) is 0.562. The van der Waals surface area contributed by atoms with E-state index in [1.54, 1.807) is 0 Å². The molecular weight excluding hydrogens is 238 g/mol. The van der Waals surface area contributed by atoms with Crippen molar-refractivity contribution in [2.75, 3.05) is 13.7 Å². The summed E-state index contributed by atoms with van der Waals surface area (Å²) in [6.07, 6.45) is 1.05. The minimum Gasteiger partial charge on any atom is -0.467 e. The predicted molar refractivity (Wildman–Crippen MR) is 78.0 cm³/mol. The standard InChI is InChI=1S/C16H25NO2/c1-6-17-16(4,15(18)19-5)14-9-7-13(8-10-14)11-12(2)3/h7-10,12,17H,6,11H2,1-5H3. The Morgan fingerprint density at radius 3 is 2.32 bits per heavy atom. The van der Waals surface area contributed by atoms with Gasteiger partial charge in [0.15, 0.2) is 0 Å². The topological polar surface area (TPSA) is 38.3 Å². The second-order valence-corrected chi connectivity index (χ2v) is 5.44.